The summed E-state index contributed by atoms with van der Waals surface area (Å²) < 4.78 is 7.01. The van der Waals surface area contributed by atoms with E-state index in [0.717, 1.165) is 25.1 Å². The molecule has 0 spiro atoms. The number of aromatic nitrogens is 4. The summed E-state index contributed by atoms with van der Waals surface area (Å²) in [4.78, 5) is 17.3. The Morgan fingerprint density at radius 1 is 1.28 bits per heavy atom. The summed E-state index contributed by atoms with van der Waals surface area (Å²) in [6.45, 7) is 2.95. The Bertz CT molecular complexity index is 682. The van der Waals surface area contributed by atoms with Gasteiger partial charge in [-0.2, -0.15) is 0 Å². The highest BCUT2D eigenvalue weighted by Gasteiger charge is 2.26. The van der Waals surface area contributed by atoms with E-state index in [4.69, 9.17) is 4.74 Å². The summed E-state index contributed by atoms with van der Waals surface area (Å²) in [7, 11) is 4.04. The number of carbonyl (C=O) groups excluding carboxylic acids is 1. The van der Waals surface area contributed by atoms with Crippen molar-refractivity contribution in [2.24, 2.45) is 0 Å². The average Bonchev–Trinajstić information content (AvgIpc) is 3.17. The quantitative estimate of drug-likeness (QED) is 0.773. The summed E-state index contributed by atoms with van der Waals surface area (Å²) >= 11 is 0. The summed E-state index contributed by atoms with van der Waals surface area (Å²) in [6, 6.07) is 7.64. The normalized spacial score (nSPS) is 15.5. The Balaban J connectivity index is 1.82. The first-order valence-corrected chi connectivity index (χ1v) is 8.52. The lowest BCUT2D eigenvalue weighted by Crippen LogP contribution is -2.46. The first-order valence-electron chi connectivity index (χ1n) is 8.52. The summed E-state index contributed by atoms with van der Waals surface area (Å²) in [5.74, 6) is 0.0451. The average molecular weight is 344 g/mol. The van der Waals surface area contributed by atoms with Gasteiger partial charge >= 0.3 is 0 Å². The SMILES string of the molecule is CN(C)CCN(C(=O)c1cccc(-n2cnnn2)c1)C1CCOCC1. The molecule has 0 atom stereocenters. The molecule has 134 valence electrons. The highest BCUT2D eigenvalue weighted by atomic mass is 16.5. The van der Waals surface area contributed by atoms with E-state index in [1.807, 2.05) is 43.3 Å². The van der Waals surface area contributed by atoms with Crippen LogP contribution in [0.2, 0.25) is 0 Å². The Labute approximate surface area is 147 Å². The third-order valence-corrected chi connectivity index (χ3v) is 4.39. The molecule has 3 rings (SSSR count). The van der Waals surface area contributed by atoms with Gasteiger partial charge in [0.2, 0.25) is 0 Å². The standard InChI is InChI=1S/C17H24N6O2/c1-21(2)8-9-22(15-6-10-25-11-7-15)17(24)14-4-3-5-16(12-14)23-13-18-19-20-23/h3-5,12-13,15H,6-11H2,1-2H3. The zero-order valence-electron chi connectivity index (χ0n) is 14.7. The van der Waals surface area contributed by atoms with Crippen LogP contribution >= 0.6 is 0 Å². The number of hydrogen-bond donors (Lipinski definition) is 0. The lowest BCUT2D eigenvalue weighted by Gasteiger charge is -2.35. The van der Waals surface area contributed by atoms with Crippen LogP contribution in [0.1, 0.15) is 23.2 Å². The van der Waals surface area contributed by atoms with Gasteiger partial charge in [-0.1, -0.05) is 6.07 Å². The number of tetrazole rings is 1. The number of carbonyl (C=O) groups is 1. The minimum absolute atomic E-state index is 0.0451. The van der Waals surface area contributed by atoms with E-state index in [1.54, 1.807) is 4.68 Å². The van der Waals surface area contributed by atoms with Crippen LogP contribution in [-0.2, 0) is 4.74 Å². The number of ether oxygens (including phenoxy) is 1. The smallest absolute Gasteiger partial charge is 0.254 e. The molecule has 1 aromatic carbocycles. The third kappa shape index (κ3) is 4.40. The molecule has 1 saturated heterocycles. The van der Waals surface area contributed by atoms with Gasteiger partial charge in [-0.25, -0.2) is 4.68 Å². The fraction of sp³-hybridized carbons (Fsp3) is 0.529. The molecule has 1 aliphatic heterocycles. The number of benzene rings is 1. The number of amides is 1. The van der Waals surface area contributed by atoms with Gasteiger partial charge in [0.1, 0.15) is 6.33 Å². The molecule has 1 fully saturated rings. The van der Waals surface area contributed by atoms with E-state index in [-0.39, 0.29) is 11.9 Å². The highest BCUT2D eigenvalue weighted by Crippen LogP contribution is 2.19. The van der Waals surface area contributed by atoms with Crippen molar-refractivity contribution < 1.29 is 9.53 Å². The number of rotatable bonds is 6. The van der Waals surface area contributed by atoms with E-state index < -0.39 is 0 Å². The van der Waals surface area contributed by atoms with Crippen molar-refractivity contribution in [2.75, 3.05) is 40.4 Å². The van der Waals surface area contributed by atoms with E-state index in [2.05, 4.69) is 20.4 Å². The topological polar surface area (TPSA) is 76.4 Å². The molecular weight excluding hydrogens is 320 g/mol. The molecule has 1 amide bonds. The van der Waals surface area contributed by atoms with Gasteiger partial charge in [-0.05, 0) is 55.6 Å². The van der Waals surface area contributed by atoms with Gasteiger partial charge in [0.05, 0.1) is 5.69 Å². The third-order valence-electron chi connectivity index (χ3n) is 4.39. The first kappa shape index (κ1) is 17.5. The van der Waals surface area contributed by atoms with E-state index in [9.17, 15) is 4.79 Å². The van der Waals surface area contributed by atoms with Crippen molar-refractivity contribution in [3.05, 3.63) is 36.2 Å². The van der Waals surface area contributed by atoms with Crippen LogP contribution < -0.4 is 0 Å². The van der Waals surface area contributed by atoms with Gasteiger partial charge in [-0.15, -0.1) is 5.10 Å². The fourth-order valence-corrected chi connectivity index (χ4v) is 2.98. The Hall–Kier alpha value is -2.32. The van der Waals surface area contributed by atoms with E-state index in [0.29, 0.717) is 25.3 Å². The Morgan fingerprint density at radius 3 is 2.76 bits per heavy atom. The second-order valence-corrected chi connectivity index (χ2v) is 6.45. The van der Waals surface area contributed by atoms with Gasteiger partial charge in [0.15, 0.2) is 0 Å². The van der Waals surface area contributed by atoms with Crippen molar-refractivity contribution in [1.29, 1.82) is 0 Å². The first-order chi connectivity index (χ1) is 12.1. The maximum Gasteiger partial charge on any atom is 0.254 e. The van der Waals surface area contributed by atoms with Crippen LogP contribution in [-0.4, -0.2) is 82.4 Å². The molecule has 0 bridgehead atoms. The minimum Gasteiger partial charge on any atom is -0.381 e. The van der Waals surface area contributed by atoms with Crippen molar-refractivity contribution in [1.82, 2.24) is 30.0 Å². The van der Waals surface area contributed by atoms with Gasteiger partial charge in [0.25, 0.3) is 5.91 Å². The van der Waals surface area contributed by atoms with E-state index >= 15 is 0 Å². The summed E-state index contributed by atoms with van der Waals surface area (Å²) in [5.41, 5.74) is 1.42. The maximum atomic E-state index is 13.2. The lowest BCUT2D eigenvalue weighted by atomic mass is 10.0. The largest absolute Gasteiger partial charge is 0.381 e. The van der Waals surface area contributed by atoms with Crippen LogP contribution in [0, 0.1) is 0 Å². The Morgan fingerprint density at radius 2 is 2.08 bits per heavy atom. The Kier molecular flexibility index (Phi) is 5.72. The molecule has 0 aliphatic carbocycles. The van der Waals surface area contributed by atoms with Crippen LogP contribution in [0.25, 0.3) is 5.69 Å². The fourth-order valence-electron chi connectivity index (χ4n) is 2.98. The van der Waals surface area contributed by atoms with Gasteiger partial charge in [0, 0.05) is 37.9 Å². The highest BCUT2D eigenvalue weighted by molar-refractivity contribution is 5.95. The lowest BCUT2D eigenvalue weighted by molar-refractivity contribution is 0.0276. The zero-order valence-corrected chi connectivity index (χ0v) is 14.7. The van der Waals surface area contributed by atoms with Gasteiger partial charge in [-0.3, -0.25) is 4.79 Å². The molecule has 8 heteroatoms. The number of likely N-dealkylation sites (N-methyl/N-ethyl adjacent to an activating group) is 1. The van der Waals surface area contributed by atoms with Gasteiger partial charge < -0.3 is 14.5 Å². The monoisotopic (exact) mass is 344 g/mol. The van der Waals surface area contributed by atoms with Crippen molar-refractivity contribution in [2.45, 2.75) is 18.9 Å². The molecule has 0 saturated carbocycles. The molecule has 2 aromatic rings. The second kappa shape index (κ2) is 8.17. The van der Waals surface area contributed by atoms with Crippen LogP contribution in [0.15, 0.2) is 30.6 Å². The van der Waals surface area contributed by atoms with Crippen LogP contribution in [0.3, 0.4) is 0 Å². The molecule has 8 nitrogen and oxygen atoms in total. The molecular formula is C17H24N6O2. The maximum absolute atomic E-state index is 13.2. The molecule has 2 heterocycles. The van der Waals surface area contributed by atoms with Crippen LogP contribution in [0.5, 0.6) is 0 Å². The predicted octanol–water partition coefficient (Wildman–Crippen LogP) is 0.845. The molecule has 0 radical (unpaired) electrons. The zero-order chi connectivity index (χ0) is 17.6. The van der Waals surface area contributed by atoms with E-state index in [1.165, 1.54) is 6.33 Å². The molecule has 0 N–H and O–H groups in total. The van der Waals surface area contributed by atoms with Crippen molar-refractivity contribution in [3.8, 4) is 5.69 Å². The number of hydrogen-bond acceptors (Lipinski definition) is 6. The summed E-state index contributed by atoms with van der Waals surface area (Å²) in [5, 5.41) is 11.2. The summed E-state index contributed by atoms with van der Waals surface area (Å²) in [6.07, 6.45) is 3.28. The van der Waals surface area contributed by atoms with Crippen LogP contribution in [0.4, 0.5) is 0 Å². The molecule has 0 unspecified atom stereocenters. The second-order valence-electron chi connectivity index (χ2n) is 6.45. The van der Waals surface area contributed by atoms with Crippen molar-refractivity contribution in [3.63, 3.8) is 0 Å². The number of nitrogens with zero attached hydrogens (tertiary/aromatic N) is 6. The molecule has 1 aliphatic rings. The minimum atomic E-state index is 0.0451. The predicted molar refractivity (Wildman–Crippen MR) is 92.6 cm³/mol. The molecule has 25 heavy (non-hydrogen) atoms. The van der Waals surface area contributed by atoms with Crippen molar-refractivity contribution >= 4 is 5.91 Å². The molecule has 1 aromatic heterocycles.